The first kappa shape index (κ1) is 11.0. The molecule has 1 saturated heterocycles. The van der Waals surface area contributed by atoms with Crippen LogP contribution in [0.2, 0.25) is 0 Å². The number of amides is 1. The highest BCUT2D eigenvalue weighted by molar-refractivity contribution is 5.76. The summed E-state index contributed by atoms with van der Waals surface area (Å²) in [5, 5.41) is 8.66. The molecule has 0 aromatic heterocycles. The lowest BCUT2D eigenvalue weighted by Crippen LogP contribution is -2.45. The van der Waals surface area contributed by atoms with Crippen LogP contribution in [0.3, 0.4) is 0 Å². The lowest BCUT2D eigenvalue weighted by molar-refractivity contribution is -0.122. The highest BCUT2D eigenvalue weighted by Gasteiger charge is 2.22. The predicted octanol–water partition coefficient (Wildman–Crippen LogP) is -0.668. The van der Waals surface area contributed by atoms with Gasteiger partial charge in [-0.2, -0.15) is 5.26 Å². The number of carbonyl (C=O) groups excluding carboxylic acids is 1. The van der Waals surface area contributed by atoms with Crippen LogP contribution in [-0.4, -0.2) is 43.2 Å². The molecule has 0 saturated carbocycles. The van der Waals surface area contributed by atoms with Crippen molar-refractivity contribution in [2.45, 2.75) is 13.0 Å². The second kappa shape index (κ2) is 4.94. The summed E-state index contributed by atoms with van der Waals surface area (Å²) in [6, 6.07) is 2.06. The molecule has 0 aromatic rings. The normalized spacial score (nSPS) is 25.3. The van der Waals surface area contributed by atoms with E-state index in [1.54, 1.807) is 6.92 Å². The van der Waals surface area contributed by atoms with E-state index in [4.69, 9.17) is 15.7 Å². The molecular weight excluding hydrogens is 182 g/mol. The lowest BCUT2D eigenvalue weighted by atomic mass is 10.1. The van der Waals surface area contributed by atoms with Gasteiger partial charge in [-0.25, -0.2) is 0 Å². The van der Waals surface area contributed by atoms with Crippen molar-refractivity contribution in [1.82, 2.24) is 4.90 Å². The molecule has 1 heterocycles. The van der Waals surface area contributed by atoms with E-state index in [0.717, 1.165) is 6.54 Å². The van der Waals surface area contributed by atoms with E-state index in [-0.39, 0.29) is 17.9 Å². The molecule has 1 aliphatic rings. The van der Waals surface area contributed by atoms with Crippen molar-refractivity contribution in [2.75, 3.05) is 26.2 Å². The standard InChI is InChI=1S/C9H15N3O2/c1-7(9(11)13)5-12-2-3-14-8(4-10)6-12/h7-8H,2-3,5-6H2,1H3,(H2,11,13). The van der Waals surface area contributed by atoms with E-state index in [2.05, 4.69) is 6.07 Å². The van der Waals surface area contributed by atoms with Gasteiger partial charge in [0.15, 0.2) is 6.10 Å². The minimum atomic E-state index is -0.371. The zero-order valence-electron chi connectivity index (χ0n) is 8.27. The Morgan fingerprint density at radius 2 is 2.57 bits per heavy atom. The minimum Gasteiger partial charge on any atom is -0.369 e. The van der Waals surface area contributed by atoms with Gasteiger partial charge in [0.05, 0.1) is 12.7 Å². The summed E-state index contributed by atoms with van der Waals surface area (Å²) in [5.41, 5.74) is 5.16. The molecule has 0 aromatic carbocycles. The smallest absolute Gasteiger partial charge is 0.221 e. The van der Waals surface area contributed by atoms with Gasteiger partial charge in [-0.3, -0.25) is 9.69 Å². The summed E-state index contributed by atoms with van der Waals surface area (Å²) in [5.74, 6) is -0.475. The van der Waals surface area contributed by atoms with Crippen LogP contribution >= 0.6 is 0 Å². The van der Waals surface area contributed by atoms with Crippen molar-refractivity contribution in [3.63, 3.8) is 0 Å². The van der Waals surface area contributed by atoms with Crippen LogP contribution in [0.15, 0.2) is 0 Å². The van der Waals surface area contributed by atoms with Crippen molar-refractivity contribution in [3.05, 3.63) is 0 Å². The molecule has 1 aliphatic heterocycles. The third-order valence-corrected chi connectivity index (χ3v) is 2.31. The number of hydrogen-bond acceptors (Lipinski definition) is 4. The molecule has 5 nitrogen and oxygen atoms in total. The molecule has 14 heavy (non-hydrogen) atoms. The van der Waals surface area contributed by atoms with Gasteiger partial charge < -0.3 is 10.5 Å². The monoisotopic (exact) mass is 197 g/mol. The van der Waals surface area contributed by atoms with Gasteiger partial charge in [-0.05, 0) is 0 Å². The number of hydrogen-bond donors (Lipinski definition) is 1. The van der Waals surface area contributed by atoms with Crippen LogP contribution in [0.5, 0.6) is 0 Å². The molecular formula is C9H15N3O2. The number of morpholine rings is 1. The molecule has 2 N–H and O–H groups in total. The first-order valence-corrected chi connectivity index (χ1v) is 4.66. The minimum absolute atomic E-state index is 0.174. The Labute approximate surface area is 83.4 Å². The van der Waals surface area contributed by atoms with E-state index in [9.17, 15) is 4.79 Å². The van der Waals surface area contributed by atoms with Gasteiger partial charge >= 0.3 is 0 Å². The fourth-order valence-electron chi connectivity index (χ4n) is 1.42. The molecule has 5 heteroatoms. The highest BCUT2D eigenvalue weighted by Crippen LogP contribution is 2.07. The number of primary amides is 1. The van der Waals surface area contributed by atoms with Gasteiger partial charge in [0.25, 0.3) is 0 Å². The average molecular weight is 197 g/mol. The Hall–Kier alpha value is -1.12. The fraction of sp³-hybridized carbons (Fsp3) is 0.778. The quantitative estimate of drug-likeness (QED) is 0.651. The maximum Gasteiger partial charge on any atom is 0.221 e. The SMILES string of the molecule is CC(CN1CCOC(C#N)C1)C(N)=O. The first-order valence-electron chi connectivity index (χ1n) is 4.66. The van der Waals surface area contributed by atoms with Crippen molar-refractivity contribution in [3.8, 4) is 6.07 Å². The molecule has 0 bridgehead atoms. The summed E-state index contributed by atoms with van der Waals surface area (Å²) in [6.45, 7) is 4.27. The maximum absolute atomic E-state index is 10.8. The fourth-order valence-corrected chi connectivity index (χ4v) is 1.42. The topological polar surface area (TPSA) is 79.3 Å². The Balaban J connectivity index is 2.38. The third-order valence-electron chi connectivity index (χ3n) is 2.31. The van der Waals surface area contributed by atoms with Crippen LogP contribution in [0.4, 0.5) is 0 Å². The van der Waals surface area contributed by atoms with Crippen LogP contribution in [-0.2, 0) is 9.53 Å². The van der Waals surface area contributed by atoms with Crippen LogP contribution in [0.1, 0.15) is 6.92 Å². The summed E-state index contributed by atoms with van der Waals surface area (Å²) >= 11 is 0. The van der Waals surface area contributed by atoms with Gasteiger partial charge in [0, 0.05) is 25.6 Å². The van der Waals surface area contributed by atoms with Crippen molar-refractivity contribution in [2.24, 2.45) is 11.7 Å². The molecule has 1 amide bonds. The summed E-state index contributed by atoms with van der Waals surface area (Å²) < 4.78 is 5.18. The number of carbonyl (C=O) groups is 1. The first-order chi connectivity index (χ1) is 6.63. The molecule has 2 unspecified atom stereocenters. The molecule has 0 spiro atoms. The van der Waals surface area contributed by atoms with Gasteiger partial charge in [-0.15, -0.1) is 0 Å². The Morgan fingerprint density at radius 3 is 3.14 bits per heavy atom. The summed E-state index contributed by atoms with van der Waals surface area (Å²) in [7, 11) is 0. The third kappa shape index (κ3) is 2.98. The number of nitrogens with two attached hydrogens (primary N) is 1. The molecule has 2 atom stereocenters. The van der Waals surface area contributed by atoms with Crippen molar-refractivity contribution in [1.29, 1.82) is 5.26 Å². The Bertz CT molecular complexity index is 249. The van der Waals surface area contributed by atoms with Crippen molar-refractivity contribution < 1.29 is 9.53 Å². The second-order valence-corrected chi connectivity index (χ2v) is 3.55. The summed E-state index contributed by atoms with van der Waals surface area (Å²) in [6.07, 6.45) is -0.371. The van der Waals surface area contributed by atoms with Gasteiger partial charge in [0.1, 0.15) is 0 Å². The van der Waals surface area contributed by atoms with Crippen LogP contribution in [0.25, 0.3) is 0 Å². The van der Waals surface area contributed by atoms with Crippen LogP contribution in [0, 0.1) is 17.2 Å². The number of nitrogens with zero attached hydrogens (tertiary/aromatic N) is 2. The second-order valence-electron chi connectivity index (χ2n) is 3.55. The lowest BCUT2D eigenvalue weighted by Gasteiger charge is -2.30. The van der Waals surface area contributed by atoms with E-state index >= 15 is 0 Å². The largest absolute Gasteiger partial charge is 0.369 e. The molecule has 1 rings (SSSR count). The summed E-state index contributed by atoms with van der Waals surface area (Å²) in [4.78, 5) is 12.9. The number of nitriles is 1. The zero-order chi connectivity index (χ0) is 10.6. The molecule has 0 radical (unpaired) electrons. The van der Waals surface area contributed by atoms with E-state index in [1.165, 1.54) is 0 Å². The van der Waals surface area contributed by atoms with Gasteiger partial charge in [-0.1, -0.05) is 6.92 Å². The average Bonchev–Trinajstić information content (AvgIpc) is 2.18. The molecule has 78 valence electrons. The maximum atomic E-state index is 10.8. The zero-order valence-corrected chi connectivity index (χ0v) is 8.27. The Morgan fingerprint density at radius 1 is 1.86 bits per heavy atom. The highest BCUT2D eigenvalue weighted by atomic mass is 16.5. The van der Waals surface area contributed by atoms with E-state index in [1.807, 2.05) is 4.90 Å². The van der Waals surface area contributed by atoms with Crippen LogP contribution < -0.4 is 5.73 Å². The van der Waals surface area contributed by atoms with Gasteiger partial charge in [0.2, 0.25) is 5.91 Å². The number of rotatable bonds is 3. The number of ether oxygens (including phenoxy) is 1. The van der Waals surface area contributed by atoms with E-state index < -0.39 is 0 Å². The molecule has 1 fully saturated rings. The molecule has 0 aliphatic carbocycles. The Kier molecular flexibility index (Phi) is 3.86. The van der Waals surface area contributed by atoms with E-state index in [0.29, 0.717) is 19.7 Å². The predicted molar refractivity (Wildman–Crippen MR) is 50.2 cm³/mol. The van der Waals surface area contributed by atoms with Crippen molar-refractivity contribution >= 4 is 5.91 Å².